The van der Waals surface area contributed by atoms with E-state index in [1.807, 2.05) is 0 Å². The number of likely N-dealkylation sites (tertiary alicyclic amines) is 1. The number of ether oxygens (including phenoxy) is 1. The van der Waals surface area contributed by atoms with Gasteiger partial charge in [-0.2, -0.15) is 13.2 Å². The minimum absolute atomic E-state index is 0.0160. The van der Waals surface area contributed by atoms with Crippen LogP contribution >= 0.6 is 0 Å². The Morgan fingerprint density at radius 1 is 1.21 bits per heavy atom. The van der Waals surface area contributed by atoms with Crippen molar-refractivity contribution in [3.63, 3.8) is 0 Å². The number of carbonyl (C=O) groups excluding carboxylic acids is 1. The Bertz CT molecular complexity index is 576. The van der Waals surface area contributed by atoms with E-state index in [1.54, 1.807) is 30.3 Å². The molecule has 1 aliphatic rings. The van der Waals surface area contributed by atoms with Crippen LogP contribution in [0.1, 0.15) is 18.4 Å². The zero-order valence-corrected chi connectivity index (χ0v) is 12.8. The third-order valence-electron chi connectivity index (χ3n) is 3.87. The zero-order valence-electron chi connectivity index (χ0n) is 12.8. The molecule has 5 nitrogen and oxygen atoms in total. The van der Waals surface area contributed by atoms with E-state index in [1.165, 1.54) is 0 Å². The molecule has 1 N–H and O–H groups in total. The summed E-state index contributed by atoms with van der Waals surface area (Å²) in [6, 6.07) is 8.83. The van der Waals surface area contributed by atoms with Crippen molar-refractivity contribution in [3.05, 3.63) is 35.9 Å². The van der Waals surface area contributed by atoms with Gasteiger partial charge in [-0.25, -0.2) is 4.79 Å². The van der Waals surface area contributed by atoms with Crippen molar-refractivity contribution >= 4 is 12.1 Å². The van der Waals surface area contributed by atoms with Crippen LogP contribution in [0.4, 0.5) is 18.0 Å². The van der Waals surface area contributed by atoms with Crippen LogP contribution in [0.5, 0.6) is 0 Å². The van der Waals surface area contributed by atoms with Crippen LogP contribution in [0, 0.1) is 11.8 Å². The lowest BCUT2D eigenvalue weighted by molar-refractivity contribution is -0.156. The van der Waals surface area contributed by atoms with Gasteiger partial charge in [0.1, 0.15) is 6.61 Å². The maximum absolute atomic E-state index is 12.6. The highest BCUT2D eigenvalue weighted by molar-refractivity contribution is 5.73. The van der Waals surface area contributed by atoms with E-state index in [4.69, 9.17) is 9.84 Å². The molecule has 1 aromatic rings. The van der Waals surface area contributed by atoms with E-state index in [0.29, 0.717) is 0 Å². The monoisotopic (exact) mass is 345 g/mol. The predicted octanol–water partition coefficient (Wildman–Crippen LogP) is 3.30. The Morgan fingerprint density at radius 3 is 2.46 bits per heavy atom. The smallest absolute Gasteiger partial charge is 0.410 e. The topological polar surface area (TPSA) is 66.8 Å². The zero-order chi connectivity index (χ0) is 17.7. The Labute approximate surface area is 137 Å². The van der Waals surface area contributed by atoms with Gasteiger partial charge in [0.2, 0.25) is 0 Å². The lowest BCUT2D eigenvalue weighted by Crippen LogP contribution is -2.47. The highest BCUT2D eigenvalue weighted by Crippen LogP contribution is 2.32. The molecule has 8 heteroatoms. The van der Waals surface area contributed by atoms with Crippen molar-refractivity contribution in [2.45, 2.75) is 25.6 Å². The molecule has 1 fully saturated rings. The minimum Gasteiger partial charge on any atom is -0.481 e. The Hall–Kier alpha value is -2.25. The number of amides is 1. The summed E-state index contributed by atoms with van der Waals surface area (Å²) in [6.45, 7) is -0.313. The van der Waals surface area contributed by atoms with Gasteiger partial charge in [0.25, 0.3) is 0 Å². The van der Waals surface area contributed by atoms with Gasteiger partial charge in [0, 0.05) is 19.5 Å². The van der Waals surface area contributed by atoms with Crippen LogP contribution < -0.4 is 0 Å². The summed E-state index contributed by atoms with van der Waals surface area (Å²) in [4.78, 5) is 24.3. The number of hydrogen-bond acceptors (Lipinski definition) is 3. The lowest BCUT2D eigenvalue weighted by atomic mass is 9.87. The summed E-state index contributed by atoms with van der Waals surface area (Å²) in [5.41, 5.74) is 0.740. The van der Waals surface area contributed by atoms with Crippen molar-refractivity contribution in [3.8, 4) is 0 Å². The molecule has 0 spiro atoms. The standard InChI is InChI=1S/C16H18F3NO4/c17-16(18,19)7-12-6-13(14(21)22)9-20(8-12)15(23)24-10-11-4-2-1-3-5-11/h1-5,12-13H,6-10H2,(H,21,22). The number of carboxylic acids is 1. The van der Waals surface area contributed by atoms with Crippen molar-refractivity contribution in [2.75, 3.05) is 13.1 Å². The van der Waals surface area contributed by atoms with E-state index in [-0.39, 0.29) is 26.1 Å². The number of alkyl halides is 3. The molecule has 0 bridgehead atoms. The fourth-order valence-corrected chi connectivity index (χ4v) is 2.82. The van der Waals surface area contributed by atoms with Gasteiger partial charge < -0.3 is 14.7 Å². The molecular weight excluding hydrogens is 327 g/mol. The molecule has 1 heterocycles. The van der Waals surface area contributed by atoms with E-state index >= 15 is 0 Å². The number of halogens is 3. The lowest BCUT2D eigenvalue weighted by Gasteiger charge is -2.35. The summed E-state index contributed by atoms with van der Waals surface area (Å²) in [5, 5.41) is 9.10. The Kier molecular flexibility index (Phi) is 5.69. The largest absolute Gasteiger partial charge is 0.481 e. The van der Waals surface area contributed by atoms with Gasteiger partial charge in [-0.3, -0.25) is 4.79 Å². The summed E-state index contributed by atoms with van der Waals surface area (Å²) >= 11 is 0. The average molecular weight is 345 g/mol. The van der Waals surface area contributed by atoms with E-state index < -0.39 is 36.5 Å². The van der Waals surface area contributed by atoms with Crippen LogP contribution in [-0.2, 0) is 16.1 Å². The maximum Gasteiger partial charge on any atom is 0.410 e. The molecule has 0 radical (unpaired) electrons. The first-order valence-electron chi connectivity index (χ1n) is 7.50. The first-order chi connectivity index (χ1) is 11.2. The van der Waals surface area contributed by atoms with Crippen molar-refractivity contribution in [2.24, 2.45) is 11.8 Å². The van der Waals surface area contributed by atoms with Gasteiger partial charge in [-0.15, -0.1) is 0 Å². The van der Waals surface area contributed by atoms with Gasteiger partial charge >= 0.3 is 18.2 Å². The summed E-state index contributed by atoms with van der Waals surface area (Å²) in [5.74, 6) is -3.16. The van der Waals surface area contributed by atoms with Gasteiger partial charge in [0.15, 0.2) is 0 Å². The van der Waals surface area contributed by atoms with Crippen LogP contribution in [0.25, 0.3) is 0 Å². The second kappa shape index (κ2) is 7.55. The van der Waals surface area contributed by atoms with Crippen LogP contribution in [0.15, 0.2) is 30.3 Å². The molecule has 2 atom stereocenters. The molecule has 1 aromatic carbocycles. The quantitative estimate of drug-likeness (QED) is 0.909. The third-order valence-corrected chi connectivity index (χ3v) is 3.87. The number of carboxylic acid groups (broad SMARTS) is 1. The molecule has 2 rings (SSSR count). The minimum atomic E-state index is -4.40. The molecule has 0 saturated carbocycles. The second-order valence-electron chi connectivity index (χ2n) is 5.90. The summed E-state index contributed by atoms with van der Waals surface area (Å²) < 4.78 is 42.8. The van der Waals surface area contributed by atoms with Gasteiger partial charge in [-0.1, -0.05) is 30.3 Å². The number of hydrogen-bond donors (Lipinski definition) is 1. The SMILES string of the molecule is O=C(O)C1CC(CC(F)(F)F)CN(C(=O)OCc2ccccc2)C1. The fourth-order valence-electron chi connectivity index (χ4n) is 2.82. The third kappa shape index (κ3) is 5.43. The number of benzene rings is 1. The van der Waals surface area contributed by atoms with E-state index in [0.717, 1.165) is 10.5 Å². The molecule has 1 amide bonds. The van der Waals surface area contributed by atoms with Gasteiger partial charge in [-0.05, 0) is 17.9 Å². The molecule has 0 aliphatic carbocycles. The Morgan fingerprint density at radius 2 is 1.88 bits per heavy atom. The summed E-state index contributed by atoms with van der Waals surface area (Å²) in [7, 11) is 0. The number of aliphatic carboxylic acids is 1. The van der Waals surface area contributed by atoms with Crippen LogP contribution in [0.2, 0.25) is 0 Å². The highest BCUT2D eigenvalue weighted by Gasteiger charge is 2.40. The Balaban J connectivity index is 1.98. The normalized spacial score (nSPS) is 21.4. The van der Waals surface area contributed by atoms with E-state index in [9.17, 15) is 22.8 Å². The molecule has 1 saturated heterocycles. The number of carbonyl (C=O) groups is 2. The molecule has 24 heavy (non-hydrogen) atoms. The average Bonchev–Trinajstić information content (AvgIpc) is 2.51. The van der Waals surface area contributed by atoms with Gasteiger partial charge in [0.05, 0.1) is 5.92 Å². The molecule has 0 aromatic heterocycles. The first-order valence-corrected chi connectivity index (χ1v) is 7.50. The molecule has 132 valence electrons. The highest BCUT2D eigenvalue weighted by atomic mass is 19.4. The fraction of sp³-hybridized carbons (Fsp3) is 0.500. The van der Waals surface area contributed by atoms with Crippen molar-refractivity contribution in [1.29, 1.82) is 0 Å². The van der Waals surface area contributed by atoms with Crippen molar-refractivity contribution in [1.82, 2.24) is 4.90 Å². The number of piperidine rings is 1. The number of nitrogens with zero attached hydrogens (tertiary/aromatic N) is 1. The number of rotatable bonds is 4. The van der Waals surface area contributed by atoms with Crippen LogP contribution in [-0.4, -0.2) is 41.3 Å². The van der Waals surface area contributed by atoms with Crippen molar-refractivity contribution < 1.29 is 32.6 Å². The maximum atomic E-state index is 12.6. The molecule has 2 unspecified atom stereocenters. The second-order valence-corrected chi connectivity index (χ2v) is 5.90. The molecular formula is C16H18F3NO4. The van der Waals surface area contributed by atoms with E-state index in [2.05, 4.69) is 0 Å². The van der Waals surface area contributed by atoms with Crippen LogP contribution in [0.3, 0.4) is 0 Å². The molecule has 1 aliphatic heterocycles. The summed E-state index contributed by atoms with van der Waals surface area (Å²) in [6.07, 6.45) is -6.40. The first kappa shape index (κ1) is 18.1. The predicted molar refractivity (Wildman–Crippen MR) is 78.1 cm³/mol.